The summed E-state index contributed by atoms with van der Waals surface area (Å²) in [5.74, 6) is 3.51. The van der Waals surface area contributed by atoms with Crippen LogP contribution in [0.25, 0.3) is 0 Å². The SMILES string of the molecule is CO/C(C)=C(/C#N)C12CC3CC(CC(C3)C1)C2. The van der Waals surface area contributed by atoms with E-state index < -0.39 is 0 Å². The topological polar surface area (TPSA) is 33.0 Å². The Kier molecular flexibility index (Phi) is 2.47. The number of ether oxygens (including phenoxy) is 1. The molecular weight excluding hydrogens is 210 g/mol. The third-order valence-corrected chi connectivity index (χ3v) is 5.34. The Morgan fingerprint density at radius 3 is 1.94 bits per heavy atom. The third kappa shape index (κ3) is 1.59. The maximum atomic E-state index is 9.50. The lowest BCUT2D eigenvalue weighted by atomic mass is 9.48. The molecule has 0 radical (unpaired) electrons. The number of allylic oxidation sites excluding steroid dienone is 2. The maximum Gasteiger partial charge on any atom is 0.107 e. The minimum absolute atomic E-state index is 0.184. The molecule has 4 aliphatic carbocycles. The van der Waals surface area contributed by atoms with Crippen LogP contribution >= 0.6 is 0 Å². The van der Waals surface area contributed by atoms with Crippen molar-refractivity contribution >= 4 is 0 Å². The Balaban J connectivity index is 1.99. The number of methoxy groups -OCH3 is 1. The van der Waals surface area contributed by atoms with Gasteiger partial charge in [0, 0.05) is 5.41 Å². The van der Waals surface area contributed by atoms with Gasteiger partial charge in [-0.25, -0.2) is 0 Å². The van der Waals surface area contributed by atoms with Crippen LogP contribution in [0.1, 0.15) is 45.4 Å². The van der Waals surface area contributed by atoms with Gasteiger partial charge in [-0.15, -0.1) is 0 Å². The van der Waals surface area contributed by atoms with E-state index in [0.29, 0.717) is 0 Å². The van der Waals surface area contributed by atoms with Crippen molar-refractivity contribution in [2.75, 3.05) is 7.11 Å². The van der Waals surface area contributed by atoms with Gasteiger partial charge in [0.25, 0.3) is 0 Å². The van der Waals surface area contributed by atoms with Crippen LogP contribution in [-0.2, 0) is 4.74 Å². The van der Waals surface area contributed by atoms with Gasteiger partial charge in [-0.1, -0.05) is 0 Å². The molecule has 0 aromatic carbocycles. The summed E-state index contributed by atoms with van der Waals surface area (Å²) in [5.41, 5.74) is 1.14. The van der Waals surface area contributed by atoms with Crippen LogP contribution in [0, 0.1) is 34.5 Å². The van der Waals surface area contributed by atoms with Crippen LogP contribution in [-0.4, -0.2) is 7.11 Å². The summed E-state index contributed by atoms with van der Waals surface area (Å²) in [4.78, 5) is 0. The fraction of sp³-hybridized carbons (Fsp3) is 0.800. The fourth-order valence-corrected chi connectivity index (χ4v) is 5.09. The quantitative estimate of drug-likeness (QED) is 0.537. The average Bonchev–Trinajstić information content (AvgIpc) is 2.27. The Hall–Kier alpha value is -0.970. The van der Waals surface area contributed by atoms with E-state index in [-0.39, 0.29) is 5.41 Å². The molecule has 0 atom stereocenters. The van der Waals surface area contributed by atoms with Crippen molar-refractivity contribution in [2.24, 2.45) is 23.2 Å². The van der Waals surface area contributed by atoms with Crippen molar-refractivity contribution in [1.29, 1.82) is 5.26 Å². The third-order valence-electron chi connectivity index (χ3n) is 5.34. The first-order chi connectivity index (χ1) is 8.16. The molecule has 4 saturated carbocycles. The highest BCUT2D eigenvalue weighted by molar-refractivity contribution is 5.34. The largest absolute Gasteiger partial charge is 0.500 e. The summed E-state index contributed by atoms with van der Waals surface area (Å²) in [6.07, 6.45) is 7.98. The van der Waals surface area contributed by atoms with Crippen molar-refractivity contribution in [3.8, 4) is 6.07 Å². The molecule has 17 heavy (non-hydrogen) atoms. The Morgan fingerprint density at radius 2 is 1.59 bits per heavy atom. The van der Waals surface area contributed by atoms with Crippen LogP contribution in [0.3, 0.4) is 0 Å². The highest BCUT2D eigenvalue weighted by Gasteiger charge is 2.53. The molecule has 0 N–H and O–H groups in total. The summed E-state index contributed by atoms with van der Waals surface area (Å²) in [5, 5.41) is 9.50. The van der Waals surface area contributed by atoms with Gasteiger partial charge < -0.3 is 4.74 Å². The highest BCUT2D eigenvalue weighted by atomic mass is 16.5. The standard InChI is InChI=1S/C15H21NO/c1-10(17-2)14(9-16)15-6-11-3-12(7-15)5-13(4-11)8-15/h11-13H,3-8H2,1-2H3/b14-10-. The molecule has 0 aromatic heterocycles. The molecule has 0 amide bonds. The van der Waals surface area contributed by atoms with E-state index >= 15 is 0 Å². The van der Waals surface area contributed by atoms with Crippen LogP contribution in [0.2, 0.25) is 0 Å². The molecule has 2 heteroatoms. The average molecular weight is 231 g/mol. The summed E-state index contributed by atoms with van der Waals surface area (Å²) in [7, 11) is 1.69. The summed E-state index contributed by atoms with van der Waals surface area (Å²) in [6.45, 7) is 1.96. The van der Waals surface area contributed by atoms with E-state index in [4.69, 9.17) is 4.74 Å². The predicted octanol–water partition coefficient (Wildman–Crippen LogP) is 3.65. The van der Waals surface area contributed by atoms with Crippen LogP contribution < -0.4 is 0 Å². The van der Waals surface area contributed by atoms with Gasteiger partial charge in [0.15, 0.2) is 0 Å². The van der Waals surface area contributed by atoms with Gasteiger partial charge in [-0.3, -0.25) is 0 Å². The Morgan fingerprint density at radius 1 is 1.12 bits per heavy atom. The van der Waals surface area contributed by atoms with Crippen LogP contribution in [0.5, 0.6) is 0 Å². The second-order valence-corrected chi connectivity index (χ2v) is 6.44. The Bertz CT molecular complexity index is 366. The van der Waals surface area contributed by atoms with Crippen molar-refractivity contribution < 1.29 is 4.74 Å². The first-order valence-corrected chi connectivity index (χ1v) is 6.82. The molecule has 92 valence electrons. The second-order valence-electron chi connectivity index (χ2n) is 6.44. The lowest BCUT2D eigenvalue weighted by Gasteiger charge is -2.56. The van der Waals surface area contributed by atoms with E-state index in [0.717, 1.165) is 29.1 Å². The normalized spacial score (nSPS) is 44.2. The first kappa shape index (κ1) is 11.1. The minimum atomic E-state index is 0.184. The molecule has 0 heterocycles. The predicted molar refractivity (Wildman–Crippen MR) is 65.9 cm³/mol. The molecule has 4 fully saturated rings. The molecule has 0 aliphatic heterocycles. The molecule has 0 saturated heterocycles. The summed E-state index contributed by atoms with van der Waals surface area (Å²) >= 11 is 0. The summed E-state index contributed by atoms with van der Waals surface area (Å²) in [6, 6.07) is 2.46. The molecule has 0 spiro atoms. The number of hydrogen-bond acceptors (Lipinski definition) is 2. The molecule has 4 aliphatic rings. The van der Waals surface area contributed by atoms with Crippen molar-refractivity contribution in [1.82, 2.24) is 0 Å². The van der Waals surface area contributed by atoms with Gasteiger partial charge in [0.05, 0.1) is 18.8 Å². The van der Waals surface area contributed by atoms with E-state index in [1.54, 1.807) is 7.11 Å². The minimum Gasteiger partial charge on any atom is -0.500 e. The molecule has 0 aromatic rings. The van der Waals surface area contributed by atoms with E-state index in [2.05, 4.69) is 6.07 Å². The summed E-state index contributed by atoms with van der Waals surface area (Å²) < 4.78 is 5.35. The van der Waals surface area contributed by atoms with E-state index in [9.17, 15) is 5.26 Å². The molecule has 0 unspecified atom stereocenters. The van der Waals surface area contributed by atoms with Gasteiger partial charge in [-0.2, -0.15) is 5.26 Å². The monoisotopic (exact) mass is 231 g/mol. The highest BCUT2D eigenvalue weighted by Crippen LogP contribution is 2.62. The second kappa shape index (κ2) is 3.77. The zero-order valence-electron chi connectivity index (χ0n) is 10.8. The number of rotatable bonds is 2. The number of hydrogen-bond donors (Lipinski definition) is 0. The van der Waals surface area contributed by atoms with Crippen LogP contribution in [0.4, 0.5) is 0 Å². The zero-order chi connectivity index (χ0) is 12.0. The lowest BCUT2D eigenvalue weighted by Crippen LogP contribution is -2.47. The van der Waals surface area contributed by atoms with E-state index in [1.807, 2.05) is 6.92 Å². The lowest BCUT2D eigenvalue weighted by molar-refractivity contribution is -0.0302. The zero-order valence-corrected chi connectivity index (χ0v) is 10.8. The van der Waals surface area contributed by atoms with Crippen molar-refractivity contribution in [3.05, 3.63) is 11.3 Å². The molecular formula is C15H21NO. The number of nitrogens with zero attached hydrogens (tertiary/aromatic N) is 1. The van der Waals surface area contributed by atoms with Gasteiger partial charge >= 0.3 is 0 Å². The Labute approximate surface area is 104 Å². The number of nitriles is 1. The molecule has 4 bridgehead atoms. The maximum absolute atomic E-state index is 9.50. The molecule has 4 rings (SSSR count). The van der Waals surface area contributed by atoms with Gasteiger partial charge in [-0.05, 0) is 63.2 Å². The first-order valence-electron chi connectivity index (χ1n) is 6.82. The van der Waals surface area contributed by atoms with Gasteiger partial charge in [0.2, 0.25) is 0 Å². The van der Waals surface area contributed by atoms with Crippen LogP contribution in [0.15, 0.2) is 11.3 Å². The fourth-order valence-electron chi connectivity index (χ4n) is 5.09. The van der Waals surface area contributed by atoms with Gasteiger partial charge in [0.1, 0.15) is 5.76 Å². The molecule has 2 nitrogen and oxygen atoms in total. The smallest absolute Gasteiger partial charge is 0.107 e. The van der Waals surface area contributed by atoms with Crippen molar-refractivity contribution in [2.45, 2.75) is 45.4 Å². The van der Waals surface area contributed by atoms with Crippen molar-refractivity contribution in [3.63, 3.8) is 0 Å². The van der Waals surface area contributed by atoms with E-state index in [1.165, 1.54) is 38.5 Å².